The minimum Gasteiger partial charge on any atom is -0.457 e. The fraction of sp³-hybridized carbons (Fsp3) is 0.211. The Morgan fingerprint density at radius 2 is 1.51 bits per heavy atom. The maximum atomic E-state index is 14.1. The quantitative estimate of drug-likeness (QED) is 0.180. The van der Waals surface area contributed by atoms with Crippen LogP contribution in [0.2, 0.25) is 0 Å². The Morgan fingerprint density at radius 1 is 0.822 bits per heavy atom. The molecule has 0 aliphatic carbocycles. The van der Waals surface area contributed by atoms with Gasteiger partial charge >= 0.3 is 6.18 Å². The van der Waals surface area contributed by atoms with Crippen LogP contribution in [-0.2, 0) is 18.1 Å². The number of pyridine rings is 1. The molecule has 5 aromatic rings. The summed E-state index contributed by atoms with van der Waals surface area (Å²) in [7, 11) is 0. The molecule has 5 rings (SSSR count). The first-order valence-electron chi connectivity index (χ1n) is 14.5. The number of rotatable bonds is 6. The number of nitrogens with zero attached hydrogens (tertiary/aromatic N) is 2. The largest absolute Gasteiger partial charge is 0.457 e. The summed E-state index contributed by atoms with van der Waals surface area (Å²) < 4.78 is 49.7. The Hall–Kier alpha value is -5.09. The van der Waals surface area contributed by atoms with Crippen molar-refractivity contribution >= 4 is 5.69 Å². The van der Waals surface area contributed by atoms with Gasteiger partial charge in [0, 0.05) is 11.3 Å². The van der Waals surface area contributed by atoms with Gasteiger partial charge in [0.15, 0.2) is 0 Å². The topological polar surface area (TPSA) is 35.6 Å². The molecule has 4 nitrogen and oxygen atoms in total. The van der Waals surface area contributed by atoms with Crippen molar-refractivity contribution in [3.8, 4) is 33.9 Å². The summed E-state index contributed by atoms with van der Waals surface area (Å²) in [5.74, 6) is 1.12. The van der Waals surface area contributed by atoms with E-state index >= 15 is 0 Å². The highest BCUT2D eigenvalue weighted by molar-refractivity contribution is 5.72. The number of benzene rings is 4. The van der Waals surface area contributed by atoms with Crippen molar-refractivity contribution in [2.24, 2.45) is 0 Å². The van der Waals surface area contributed by atoms with Gasteiger partial charge in [0.1, 0.15) is 11.5 Å². The lowest BCUT2D eigenvalue weighted by molar-refractivity contribution is -0.136. The van der Waals surface area contributed by atoms with Crippen LogP contribution in [0.25, 0.3) is 27.2 Å². The fourth-order valence-electron chi connectivity index (χ4n) is 5.30. The van der Waals surface area contributed by atoms with Gasteiger partial charge in [-0.25, -0.2) is 4.85 Å². The standard InChI is InChI=1S/C38H33F3N2O2/c1-24-12-13-28(25(2)20-24)23-43-33(22-32(38(39,40)41)35(42-6)36(43)44)27-14-17-30(18-15-27)45-34-19-16-29(37(3,4)5)21-31(34)26-10-8-7-9-11-26/h7-22H,23H2,1-5H3. The summed E-state index contributed by atoms with van der Waals surface area (Å²) in [4.78, 5) is 16.4. The Kier molecular flexibility index (Phi) is 8.44. The van der Waals surface area contributed by atoms with E-state index in [1.54, 1.807) is 24.3 Å². The number of aryl methyl sites for hydroxylation is 2. The molecule has 0 amide bonds. The molecule has 0 spiro atoms. The summed E-state index contributed by atoms with van der Waals surface area (Å²) in [6.45, 7) is 17.7. The number of ether oxygens (including phenoxy) is 1. The maximum absolute atomic E-state index is 14.1. The zero-order chi connectivity index (χ0) is 32.5. The molecule has 45 heavy (non-hydrogen) atoms. The predicted octanol–water partition coefficient (Wildman–Crippen LogP) is 10.5. The molecule has 0 saturated carbocycles. The highest BCUT2D eigenvalue weighted by Crippen LogP contribution is 2.39. The Bertz CT molecular complexity index is 1960. The predicted molar refractivity (Wildman–Crippen MR) is 173 cm³/mol. The average Bonchev–Trinajstić information content (AvgIpc) is 2.99. The van der Waals surface area contributed by atoms with Gasteiger partial charge in [0.25, 0.3) is 11.2 Å². The lowest BCUT2D eigenvalue weighted by Crippen LogP contribution is -2.25. The molecule has 0 atom stereocenters. The van der Waals surface area contributed by atoms with Crippen LogP contribution in [0.4, 0.5) is 18.9 Å². The van der Waals surface area contributed by atoms with Crippen molar-refractivity contribution in [2.75, 3.05) is 0 Å². The van der Waals surface area contributed by atoms with Gasteiger partial charge in [-0.2, -0.15) is 13.2 Å². The van der Waals surface area contributed by atoms with E-state index < -0.39 is 23.0 Å². The lowest BCUT2D eigenvalue weighted by Gasteiger charge is -2.22. The molecule has 0 saturated heterocycles. The molecule has 228 valence electrons. The van der Waals surface area contributed by atoms with Crippen LogP contribution in [0.3, 0.4) is 0 Å². The second-order valence-corrected chi connectivity index (χ2v) is 12.2. The maximum Gasteiger partial charge on any atom is 0.407 e. The smallest absolute Gasteiger partial charge is 0.407 e. The van der Waals surface area contributed by atoms with Crippen LogP contribution in [0.5, 0.6) is 11.5 Å². The summed E-state index contributed by atoms with van der Waals surface area (Å²) in [5, 5.41) is 0. The minimum absolute atomic E-state index is 0.0136. The van der Waals surface area contributed by atoms with Gasteiger partial charge in [-0.3, -0.25) is 4.79 Å². The zero-order valence-corrected chi connectivity index (χ0v) is 25.8. The molecule has 7 heteroatoms. The highest BCUT2D eigenvalue weighted by Gasteiger charge is 2.36. The van der Waals surface area contributed by atoms with Gasteiger partial charge in [0.05, 0.1) is 18.7 Å². The summed E-state index contributed by atoms with van der Waals surface area (Å²) in [6, 6.07) is 29.1. The highest BCUT2D eigenvalue weighted by atomic mass is 19.4. The molecule has 0 aliphatic heterocycles. The molecule has 0 radical (unpaired) electrons. The molecular weight excluding hydrogens is 573 g/mol. The van der Waals surface area contributed by atoms with E-state index in [-0.39, 0.29) is 17.7 Å². The third-order valence-corrected chi connectivity index (χ3v) is 7.83. The van der Waals surface area contributed by atoms with Crippen LogP contribution in [0, 0.1) is 20.4 Å². The number of alkyl halides is 3. The number of hydrogen-bond donors (Lipinski definition) is 0. The molecule has 0 aliphatic rings. The molecule has 0 unspecified atom stereocenters. The second-order valence-electron chi connectivity index (χ2n) is 12.2. The van der Waals surface area contributed by atoms with Crippen molar-refractivity contribution < 1.29 is 17.9 Å². The number of halogens is 3. The van der Waals surface area contributed by atoms with Gasteiger partial charge in [0.2, 0.25) is 0 Å². The van der Waals surface area contributed by atoms with Crippen LogP contribution in [0.1, 0.15) is 48.6 Å². The van der Waals surface area contributed by atoms with E-state index in [0.29, 0.717) is 17.1 Å². The first-order chi connectivity index (χ1) is 21.3. The Balaban J connectivity index is 1.58. The first-order valence-corrected chi connectivity index (χ1v) is 14.5. The Labute approximate surface area is 261 Å². The van der Waals surface area contributed by atoms with Crippen LogP contribution in [-0.4, -0.2) is 4.57 Å². The van der Waals surface area contributed by atoms with E-state index in [9.17, 15) is 18.0 Å². The fourth-order valence-corrected chi connectivity index (χ4v) is 5.30. The van der Waals surface area contributed by atoms with Crippen LogP contribution >= 0.6 is 0 Å². The molecule has 4 aromatic carbocycles. The normalized spacial score (nSPS) is 11.7. The van der Waals surface area contributed by atoms with Gasteiger partial charge in [-0.05, 0) is 89.5 Å². The van der Waals surface area contributed by atoms with Crippen molar-refractivity contribution in [2.45, 2.75) is 52.8 Å². The van der Waals surface area contributed by atoms with Crippen molar-refractivity contribution in [1.29, 1.82) is 0 Å². The SMILES string of the molecule is [C-]#[N+]c1c(C(F)(F)F)cc(-c2ccc(Oc3ccc(C(C)(C)C)cc3-c3ccccc3)cc2)n(Cc2ccc(C)cc2C)c1=O. The second kappa shape index (κ2) is 12.1. The van der Waals surface area contributed by atoms with E-state index in [2.05, 4.69) is 31.7 Å². The monoisotopic (exact) mass is 606 g/mol. The van der Waals surface area contributed by atoms with E-state index in [1.165, 1.54) is 4.57 Å². The summed E-state index contributed by atoms with van der Waals surface area (Å²) in [5.41, 5.74) is 2.94. The van der Waals surface area contributed by atoms with Gasteiger partial charge in [-0.1, -0.05) is 80.9 Å². The first kappa shape index (κ1) is 31.3. The minimum atomic E-state index is -4.87. The molecule has 1 heterocycles. The van der Waals surface area contributed by atoms with E-state index in [0.717, 1.165) is 39.4 Å². The summed E-state index contributed by atoms with van der Waals surface area (Å²) >= 11 is 0. The molecule has 0 bridgehead atoms. The average molecular weight is 607 g/mol. The Morgan fingerprint density at radius 3 is 2.11 bits per heavy atom. The van der Waals surface area contributed by atoms with Crippen molar-refractivity contribution in [1.82, 2.24) is 4.57 Å². The zero-order valence-electron chi connectivity index (χ0n) is 25.8. The molecule has 1 aromatic heterocycles. The third kappa shape index (κ3) is 6.71. The molecular formula is C38H33F3N2O2. The van der Waals surface area contributed by atoms with Crippen LogP contribution in [0.15, 0.2) is 102 Å². The van der Waals surface area contributed by atoms with E-state index in [1.807, 2.05) is 74.5 Å². The number of aromatic nitrogens is 1. The molecule has 0 fully saturated rings. The van der Waals surface area contributed by atoms with Gasteiger partial charge < -0.3 is 9.30 Å². The number of hydrogen-bond acceptors (Lipinski definition) is 2. The lowest BCUT2D eigenvalue weighted by atomic mass is 9.85. The van der Waals surface area contributed by atoms with Crippen molar-refractivity contribution in [3.05, 3.63) is 147 Å². The van der Waals surface area contributed by atoms with Crippen LogP contribution < -0.4 is 10.3 Å². The molecule has 0 N–H and O–H groups in total. The van der Waals surface area contributed by atoms with E-state index in [4.69, 9.17) is 11.3 Å². The third-order valence-electron chi connectivity index (χ3n) is 7.83. The van der Waals surface area contributed by atoms with Gasteiger partial charge in [-0.15, -0.1) is 0 Å². The summed E-state index contributed by atoms with van der Waals surface area (Å²) in [6.07, 6.45) is -4.87. The van der Waals surface area contributed by atoms with Crippen molar-refractivity contribution in [3.63, 3.8) is 0 Å².